The summed E-state index contributed by atoms with van der Waals surface area (Å²) in [5.74, 6) is -1.28. The Balaban J connectivity index is 2.16. The largest absolute Gasteiger partial charge is 0.467 e. The van der Waals surface area contributed by atoms with E-state index in [9.17, 15) is 14.0 Å². The van der Waals surface area contributed by atoms with Crippen molar-refractivity contribution in [3.63, 3.8) is 0 Å². The summed E-state index contributed by atoms with van der Waals surface area (Å²) in [5, 5.41) is 0. The van der Waals surface area contributed by atoms with Crippen molar-refractivity contribution in [2.75, 3.05) is 26.8 Å². The van der Waals surface area contributed by atoms with E-state index in [4.69, 9.17) is 4.74 Å². The summed E-state index contributed by atoms with van der Waals surface area (Å²) >= 11 is 0. The van der Waals surface area contributed by atoms with E-state index in [-0.39, 0.29) is 19.1 Å². The number of hydrogen-bond acceptors (Lipinski definition) is 4. The highest BCUT2D eigenvalue weighted by atomic mass is 19.1. The molecule has 0 aromatic heterocycles. The van der Waals surface area contributed by atoms with E-state index in [0.29, 0.717) is 17.7 Å². The topological polar surface area (TPSA) is 55.8 Å². The number of methoxy groups -OCH3 is 1. The zero-order chi connectivity index (χ0) is 14.7. The number of amides is 1. The van der Waals surface area contributed by atoms with Crippen molar-refractivity contribution in [3.8, 4) is 0 Å². The third-order valence-corrected chi connectivity index (χ3v) is 3.25. The van der Waals surface area contributed by atoms with E-state index in [1.165, 1.54) is 24.1 Å². The first kappa shape index (κ1) is 14.5. The fraction of sp³-hybridized carbons (Fsp3) is 0.429. The third kappa shape index (κ3) is 2.96. The SMILES string of the molecule is COC(=O)C1CN(C(=O)c2cc(F)ccc2C)CCO1. The molecular formula is C14H16FNO4. The number of benzene rings is 1. The maximum Gasteiger partial charge on any atom is 0.336 e. The highest BCUT2D eigenvalue weighted by Crippen LogP contribution is 2.16. The second kappa shape index (κ2) is 6.00. The van der Waals surface area contributed by atoms with Gasteiger partial charge in [0.15, 0.2) is 6.10 Å². The van der Waals surface area contributed by atoms with Gasteiger partial charge in [-0.3, -0.25) is 4.79 Å². The number of esters is 1. The summed E-state index contributed by atoms with van der Waals surface area (Å²) in [4.78, 5) is 25.3. The average Bonchev–Trinajstić information content (AvgIpc) is 2.48. The van der Waals surface area contributed by atoms with E-state index in [1.54, 1.807) is 13.0 Å². The minimum Gasteiger partial charge on any atom is -0.467 e. The van der Waals surface area contributed by atoms with Crippen LogP contribution in [0.4, 0.5) is 4.39 Å². The first-order valence-electron chi connectivity index (χ1n) is 6.27. The molecule has 0 bridgehead atoms. The van der Waals surface area contributed by atoms with Crippen molar-refractivity contribution >= 4 is 11.9 Å². The maximum atomic E-state index is 13.3. The third-order valence-electron chi connectivity index (χ3n) is 3.25. The second-order valence-electron chi connectivity index (χ2n) is 4.59. The van der Waals surface area contributed by atoms with E-state index >= 15 is 0 Å². The van der Waals surface area contributed by atoms with Gasteiger partial charge in [0.25, 0.3) is 5.91 Å². The predicted molar refractivity (Wildman–Crippen MR) is 68.8 cm³/mol. The van der Waals surface area contributed by atoms with E-state index < -0.39 is 17.9 Å². The van der Waals surface area contributed by atoms with Gasteiger partial charge in [0.1, 0.15) is 5.82 Å². The van der Waals surface area contributed by atoms with Gasteiger partial charge in [-0.15, -0.1) is 0 Å². The molecule has 0 spiro atoms. The smallest absolute Gasteiger partial charge is 0.336 e. The summed E-state index contributed by atoms with van der Waals surface area (Å²) in [5.41, 5.74) is 0.994. The lowest BCUT2D eigenvalue weighted by atomic mass is 10.1. The Morgan fingerprint density at radius 1 is 1.45 bits per heavy atom. The van der Waals surface area contributed by atoms with Gasteiger partial charge in [0.2, 0.25) is 0 Å². The molecule has 1 heterocycles. The van der Waals surface area contributed by atoms with Crippen LogP contribution < -0.4 is 0 Å². The standard InChI is InChI=1S/C14H16FNO4/c1-9-3-4-10(15)7-11(9)13(17)16-5-6-20-12(8-16)14(18)19-2/h3-4,7,12H,5-6,8H2,1-2H3. The van der Waals surface area contributed by atoms with Crippen LogP contribution in [-0.4, -0.2) is 49.7 Å². The van der Waals surface area contributed by atoms with E-state index in [0.717, 1.165) is 0 Å². The Labute approximate surface area is 116 Å². The Bertz CT molecular complexity index is 532. The van der Waals surface area contributed by atoms with Gasteiger partial charge in [0.05, 0.1) is 20.3 Å². The molecule has 1 aliphatic heterocycles. The fourth-order valence-corrected chi connectivity index (χ4v) is 2.10. The van der Waals surface area contributed by atoms with Gasteiger partial charge in [-0.25, -0.2) is 9.18 Å². The van der Waals surface area contributed by atoms with Crippen LogP contribution in [-0.2, 0) is 14.3 Å². The molecule has 0 aliphatic carbocycles. The molecule has 6 heteroatoms. The number of rotatable bonds is 2. The molecule has 2 rings (SSSR count). The van der Waals surface area contributed by atoms with Gasteiger partial charge >= 0.3 is 5.97 Å². The molecule has 1 aromatic carbocycles. The summed E-state index contributed by atoms with van der Waals surface area (Å²) in [6.45, 7) is 2.47. The first-order valence-corrected chi connectivity index (χ1v) is 6.27. The number of nitrogens with zero attached hydrogens (tertiary/aromatic N) is 1. The van der Waals surface area contributed by atoms with Gasteiger partial charge in [-0.05, 0) is 24.6 Å². The zero-order valence-corrected chi connectivity index (χ0v) is 11.4. The maximum absolute atomic E-state index is 13.3. The number of morpholine rings is 1. The number of halogens is 1. The quantitative estimate of drug-likeness (QED) is 0.763. The number of carbonyl (C=O) groups is 2. The molecule has 0 N–H and O–H groups in total. The molecule has 1 saturated heterocycles. The minimum absolute atomic E-state index is 0.113. The van der Waals surface area contributed by atoms with Crippen LogP contribution in [0.25, 0.3) is 0 Å². The summed E-state index contributed by atoms with van der Waals surface area (Å²) < 4.78 is 23.1. The van der Waals surface area contributed by atoms with Gasteiger partial charge < -0.3 is 14.4 Å². The number of carbonyl (C=O) groups excluding carboxylic acids is 2. The highest BCUT2D eigenvalue weighted by Gasteiger charge is 2.30. The molecule has 0 saturated carbocycles. The van der Waals surface area contributed by atoms with Crippen molar-refractivity contribution in [2.24, 2.45) is 0 Å². The van der Waals surface area contributed by atoms with Crippen LogP contribution >= 0.6 is 0 Å². The van der Waals surface area contributed by atoms with Crippen LogP contribution in [0.15, 0.2) is 18.2 Å². The molecule has 108 valence electrons. The Hall–Kier alpha value is -1.95. The fourth-order valence-electron chi connectivity index (χ4n) is 2.10. The normalized spacial score (nSPS) is 18.8. The Morgan fingerprint density at radius 3 is 2.90 bits per heavy atom. The first-order chi connectivity index (χ1) is 9.52. The lowest BCUT2D eigenvalue weighted by Crippen LogP contribution is -2.49. The monoisotopic (exact) mass is 281 g/mol. The van der Waals surface area contributed by atoms with Crippen molar-refractivity contribution in [1.29, 1.82) is 0 Å². The van der Waals surface area contributed by atoms with Gasteiger partial charge in [0, 0.05) is 12.1 Å². The van der Waals surface area contributed by atoms with E-state index in [1.807, 2.05) is 0 Å². The van der Waals surface area contributed by atoms with E-state index in [2.05, 4.69) is 4.74 Å². The molecule has 20 heavy (non-hydrogen) atoms. The molecule has 0 radical (unpaired) electrons. The van der Waals surface area contributed by atoms with Crippen LogP contribution in [0.1, 0.15) is 15.9 Å². The van der Waals surface area contributed by atoms with Gasteiger partial charge in [-0.1, -0.05) is 6.07 Å². The number of ether oxygens (including phenoxy) is 2. The second-order valence-corrected chi connectivity index (χ2v) is 4.59. The predicted octanol–water partition coefficient (Wildman–Crippen LogP) is 1.15. The number of aryl methyl sites for hydroxylation is 1. The van der Waals surface area contributed by atoms with Crippen LogP contribution in [0.5, 0.6) is 0 Å². The summed E-state index contributed by atoms with van der Waals surface area (Å²) in [6, 6.07) is 4.07. The molecular weight excluding hydrogens is 265 g/mol. The molecule has 1 atom stereocenters. The average molecular weight is 281 g/mol. The van der Waals surface area contributed by atoms with Crippen molar-refractivity contribution in [1.82, 2.24) is 4.90 Å². The molecule has 1 aromatic rings. The van der Waals surface area contributed by atoms with Crippen LogP contribution in [0.2, 0.25) is 0 Å². The number of hydrogen-bond donors (Lipinski definition) is 0. The van der Waals surface area contributed by atoms with Crippen molar-refractivity contribution in [2.45, 2.75) is 13.0 Å². The molecule has 1 unspecified atom stereocenters. The molecule has 1 fully saturated rings. The molecule has 1 aliphatic rings. The zero-order valence-electron chi connectivity index (χ0n) is 11.4. The molecule has 1 amide bonds. The highest BCUT2D eigenvalue weighted by molar-refractivity contribution is 5.96. The molecule has 5 nitrogen and oxygen atoms in total. The summed E-state index contributed by atoms with van der Waals surface area (Å²) in [6.07, 6.45) is -0.786. The lowest BCUT2D eigenvalue weighted by Gasteiger charge is -2.31. The van der Waals surface area contributed by atoms with Crippen LogP contribution in [0.3, 0.4) is 0 Å². The van der Waals surface area contributed by atoms with Crippen molar-refractivity contribution in [3.05, 3.63) is 35.1 Å². The minimum atomic E-state index is -0.786. The van der Waals surface area contributed by atoms with Crippen molar-refractivity contribution < 1.29 is 23.5 Å². The Kier molecular flexibility index (Phi) is 4.34. The lowest BCUT2D eigenvalue weighted by molar-refractivity contribution is -0.158. The van der Waals surface area contributed by atoms with Crippen LogP contribution in [0, 0.1) is 12.7 Å². The Morgan fingerprint density at radius 2 is 2.20 bits per heavy atom. The summed E-state index contributed by atoms with van der Waals surface area (Å²) in [7, 11) is 1.27. The van der Waals surface area contributed by atoms with Gasteiger partial charge in [-0.2, -0.15) is 0 Å².